The van der Waals surface area contributed by atoms with E-state index in [0.717, 1.165) is 18.9 Å². The van der Waals surface area contributed by atoms with Crippen LogP contribution in [0.4, 0.5) is 13.6 Å². The van der Waals surface area contributed by atoms with Crippen molar-refractivity contribution >= 4 is 17.7 Å². The zero-order valence-corrected chi connectivity index (χ0v) is 28.1. The Morgan fingerprint density at radius 3 is 2.50 bits per heavy atom. The summed E-state index contributed by atoms with van der Waals surface area (Å²) < 4.78 is 58.2. The van der Waals surface area contributed by atoms with Crippen molar-refractivity contribution in [2.45, 2.75) is 76.2 Å². The van der Waals surface area contributed by atoms with Crippen molar-refractivity contribution in [3.05, 3.63) is 92.4 Å². The Morgan fingerprint density at radius 1 is 1.06 bits per heavy atom. The molecular weight excluding hydrogens is 670 g/mol. The molecule has 256 valence electrons. The molecule has 0 radical (unpaired) electrons. The molecule has 8 rings (SSSR count). The highest BCUT2D eigenvalue weighted by Gasteiger charge is 2.54. The number of likely N-dealkylation sites (tertiary alicyclic amines) is 1. The second-order valence-electron chi connectivity index (χ2n) is 14.0. The first-order chi connectivity index (χ1) is 23.9. The molecule has 0 N–H and O–H groups in total. The van der Waals surface area contributed by atoms with Crippen LogP contribution in [-0.2, 0) is 16.8 Å². The molecule has 10 nitrogen and oxygen atoms in total. The van der Waals surface area contributed by atoms with Gasteiger partial charge in [-0.2, -0.15) is 10.4 Å². The molecule has 1 amide bonds. The molecule has 4 aliphatic rings. The van der Waals surface area contributed by atoms with E-state index in [1.807, 2.05) is 36.4 Å². The number of aromatic nitrogens is 2. The van der Waals surface area contributed by atoms with Crippen molar-refractivity contribution in [1.29, 1.82) is 5.26 Å². The molecule has 1 aliphatic carbocycles. The average Bonchev–Trinajstić information content (AvgIpc) is 3.66. The molecule has 0 unspecified atom stereocenters. The summed E-state index contributed by atoms with van der Waals surface area (Å²) in [5, 5.41) is 14.1. The standard InChI is InChI=1S/C37H31ClF2N4O6/c1-36(2,3)50-35(46)43-13-7-10-27(43)37(20-8-5-4-6-9-20)16-22-24(49-37)15-23(39)30(38)29(22)28-19(17-41)14-25-32(31(28)40)48-26-18-42-44(21-11-12-21)34(45)33(26)47-25/h4-6,8-9,14-15,18,21,27H,7,10-13,16H2,1-3H3/t27-,37-/m0/s1. The van der Waals surface area contributed by atoms with Gasteiger partial charge in [0.25, 0.3) is 0 Å². The van der Waals surface area contributed by atoms with Crippen LogP contribution in [0.2, 0.25) is 5.02 Å². The number of fused-ring (bicyclic) bond motifs is 3. The molecule has 0 spiro atoms. The Hall–Kier alpha value is -5.15. The third kappa shape index (κ3) is 5.05. The Morgan fingerprint density at radius 2 is 1.80 bits per heavy atom. The normalized spacial score (nSPS) is 20.5. The van der Waals surface area contributed by atoms with E-state index < -0.39 is 51.3 Å². The predicted octanol–water partition coefficient (Wildman–Crippen LogP) is 8.18. The molecule has 1 saturated carbocycles. The molecular formula is C37H31ClF2N4O6. The Bertz CT molecular complexity index is 2190. The zero-order valence-electron chi connectivity index (χ0n) is 27.4. The lowest BCUT2D eigenvalue weighted by Gasteiger charge is -2.40. The molecule has 3 aromatic carbocycles. The molecule has 13 heteroatoms. The fraction of sp³-hybridized carbons (Fsp3) is 0.351. The summed E-state index contributed by atoms with van der Waals surface area (Å²) >= 11 is 6.68. The molecule has 4 aromatic rings. The van der Waals surface area contributed by atoms with Gasteiger partial charge in [-0.15, -0.1) is 0 Å². The van der Waals surface area contributed by atoms with Gasteiger partial charge < -0.3 is 23.8 Å². The average molecular weight is 701 g/mol. The number of benzene rings is 3. The van der Waals surface area contributed by atoms with E-state index >= 15 is 8.78 Å². The highest BCUT2D eigenvalue weighted by atomic mass is 35.5. The summed E-state index contributed by atoms with van der Waals surface area (Å²) in [7, 11) is 0. The van der Waals surface area contributed by atoms with Gasteiger partial charge in [0.2, 0.25) is 11.5 Å². The number of amides is 1. The van der Waals surface area contributed by atoms with Crippen molar-refractivity contribution < 1.29 is 32.5 Å². The SMILES string of the molecule is CC(C)(C)OC(=O)N1CCC[C@H]1[C@@]1(c2ccccc2)Cc2c(cc(F)c(Cl)c2-c2c(C#N)cc3c(c2F)Oc2cnn(C4CC4)c(=O)c2O3)O1. The van der Waals surface area contributed by atoms with Crippen LogP contribution in [0.1, 0.15) is 69.2 Å². The van der Waals surface area contributed by atoms with Crippen LogP contribution >= 0.6 is 11.6 Å². The minimum atomic E-state index is -1.24. The maximum Gasteiger partial charge on any atom is 0.410 e. The lowest BCUT2D eigenvalue weighted by Crippen LogP contribution is -2.53. The van der Waals surface area contributed by atoms with Crippen molar-refractivity contribution in [3.63, 3.8) is 0 Å². The van der Waals surface area contributed by atoms with Crippen LogP contribution in [0.15, 0.2) is 53.5 Å². The lowest BCUT2D eigenvalue weighted by atomic mass is 9.79. The molecule has 2 atom stereocenters. The third-order valence-corrected chi connectivity index (χ3v) is 9.87. The maximum absolute atomic E-state index is 16.9. The number of hydrogen-bond donors (Lipinski definition) is 0. The minimum absolute atomic E-state index is 0.0468. The van der Waals surface area contributed by atoms with Crippen molar-refractivity contribution in [2.75, 3.05) is 6.54 Å². The number of carbonyl (C=O) groups excluding carboxylic acids is 1. The third-order valence-electron chi connectivity index (χ3n) is 9.50. The fourth-order valence-electron chi connectivity index (χ4n) is 7.23. The molecule has 50 heavy (non-hydrogen) atoms. The van der Waals surface area contributed by atoms with Gasteiger partial charge in [-0.05, 0) is 52.0 Å². The van der Waals surface area contributed by atoms with Gasteiger partial charge in [0.1, 0.15) is 23.2 Å². The topological polar surface area (TPSA) is 116 Å². The maximum atomic E-state index is 16.9. The van der Waals surface area contributed by atoms with E-state index in [4.69, 9.17) is 30.5 Å². The second-order valence-corrected chi connectivity index (χ2v) is 14.3. The van der Waals surface area contributed by atoms with Gasteiger partial charge in [0, 0.05) is 41.8 Å². The summed E-state index contributed by atoms with van der Waals surface area (Å²) in [4.78, 5) is 28.3. The molecule has 0 bridgehead atoms. The summed E-state index contributed by atoms with van der Waals surface area (Å²) in [6, 6.07) is 13.0. The number of halogens is 3. The molecule has 4 heterocycles. The van der Waals surface area contributed by atoms with Gasteiger partial charge in [-0.1, -0.05) is 41.9 Å². The van der Waals surface area contributed by atoms with Gasteiger partial charge in [0.05, 0.1) is 28.9 Å². The smallest absolute Gasteiger partial charge is 0.410 e. The number of ether oxygens (including phenoxy) is 4. The fourth-order valence-corrected chi connectivity index (χ4v) is 7.49. The minimum Gasteiger partial charge on any atom is -0.480 e. The predicted molar refractivity (Wildman–Crippen MR) is 177 cm³/mol. The van der Waals surface area contributed by atoms with Gasteiger partial charge in [-0.3, -0.25) is 4.79 Å². The van der Waals surface area contributed by atoms with E-state index in [0.29, 0.717) is 30.5 Å². The molecule has 3 aliphatic heterocycles. The van der Waals surface area contributed by atoms with Crippen LogP contribution in [0.3, 0.4) is 0 Å². The van der Waals surface area contributed by atoms with Crippen LogP contribution in [0.25, 0.3) is 11.1 Å². The quantitative estimate of drug-likeness (QED) is 0.184. The summed E-state index contributed by atoms with van der Waals surface area (Å²) in [6.45, 7) is 5.77. The van der Waals surface area contributed by atoms with Crippen molar-refractivity contribution in [3.8, 4) is 45.9 Å². The van der Waals surface area contributed by atoms with Crippen LogP contribution in [-0.4, -0.2) is 39.0 Å². The Balaban J connectivity index is 1.27. The molecule has 1 aromatic heterocycles. The summed E-state index contributed by atoms with van der Waals surface area (Å²) in [5.41, 5.74) is -2.11. The van der Waals surface area contributed by atoms with Crippen LogP contribution < -0.4 is 19.8 Å². The van der Waals surface area contributed by atoms with E-state index in [1.54, 1.807) is 25.7 Å². The highest BCUT2D eigenvalue weighted by Crippen LogP contribution is 2.55. The lowest BCUT2D eigenvalue weighted by molar-refractivity contribution is -0.0216. The van der Waals surface area contributed by atoms with Crippen molar-refractivity contribution in [1.82, 2.24) is 14.7 Å². The largest absolute Gasteiger partial charge is 0.480 e. The second kappa shape index (κ2) is 11.5. The molecule has 2 fully saturated rings. The van der Waals surface area contributed by atoms with E-state index in [1.165, 1.54) is 16.9 Å². The van der Waals surface area contributed by atoms with E-state index in [-0.39, 0.29) is 52.2 Å². The monoisotopic (exact) mass is 700 g/mol. The van der Waals surface area contributed by atoms with Crippen LogP contribution in [0, 0.1) is 23.0 Å². The summed E-state index contributed by atoms with van der Waals surface area (Å²) in [6.07, 6.45) is 3.63. The number of hydrogen-bond acceptors (Lipinski definition) is 8. The number of nitriles is 1. The number of nitrogens with zero attached hydrogens (tertiary/aromatic N) is 4. The first kappa shape index (κ1) is 32.1. The molecule has 1 saturated heterocycles. The van der Waals surface area contributed by atoms with Crippen molar-refractivity contribution in [2.24, 2.45) is 0 Å². The van der Waals surface area contributed by atoms with E-state index in [9.17, 15) is 14.9 Å². The van der Waals surface area contributed by atoms with Gasteiger partial charge in [0.15, 0.2) is 22.9 Å². The first-order valence-electron chi connectivity index (χ1n) is 16.4. The van der Waals surface area contributed by atoms with Gasteiger partial charge >= 0.3 is 11.7 Å². The van der Waals surface area contributed by atoms with E-state index in [2.05, 4.69) is 5.10 Å². The van der Waals surface area contributed by atoms with Gasteiger partial charge in [-0.25, -0.2) is 18.3 Å². The number of rotatable bonds is 4. The zero-order chi connectivity index (χ0) is 35.1. The highest BCUT2D eigenvalue weighted by molar-refractivity contribution is 6.34. The Kier molecular flexibility index (Phi) is 7.35. The Labute approximate surface area is 290 Å². The van der Waals surface area contributed by atoms with Crippen LogP contribution in [0.5, 0.6) is 28.7 Å². The summed E-state index contributed by atoms with van der Waals surface area (Å²) in [5.74, 6) is -2.72. The first-order valence-corrected chi connectivity index (χ1v) is 16.8. The number of carbonyl (C=O) groups is 1.